The van der Waals surface area contributed by atoms with Gasteiger partial charge in [-0.05, 0) is 61.3 Å². The third kappa shape index (κ3) is 2.47. The summed E-state index contributed by atoms with van der Waals surface area (Å²) in [6.45, 7) is 0. The van der Waals surface area contributed by atoms with E-state index in [1.807, 2.05) is 18.2 Å². The first-order chi connectivity index (χ1) is 11.7. The SMILES string of the molecule is O=NC(=O)c1nnc(Nc2cccc(Cl)c2)c2c1C1CCC2CC1. The Morgan fingerprint density at radius 1 is 1.12 bits per heavy atom. The van der Waals surface area contributed by atoms with E-state index < -0.39 is 5.91 Å². The minimum atomic E-state index is -0.833. The summed E-state index contributed by atoms with van der Waals surface area (Å²) in [5.74, 6) is 0.395. The third-order valence-corrected chi connectivity index (χ3v) is 5.20. The van der Waals surface area contributed by atoms with Gasteiger partial charge in [0.1, 0.15) is 0 Å². The second kappa shape index (κ2) is 5.94. The second-order valence-electron chi connectivity index (χ2n) is 6.30. The molecule has 0 saturated heterocycles. The first kappa shape index (κ1) is 15.2. The summed E-state index contributed by atoms with van der Waals surface area (Å²) in [6.07, 6.45) is 4.16. The Morgan fingerprint density at radius 2 is 1.83 bits per heavy atom. The van der Waals surface area contributed by atoms with Crippen LogP contribution in [0.4, 0.5) is 11.5 Å². The normalized spacial score (nSPS) is 21.2. The minimum Gasteiger partial charge on any atom is -0.338 e. The predicted molar refractivity (Wildman–Crippen MR) is 90.8 cm³/mol. The molecule has 3 aliphatic carbocycles. The number of anilines is 2. The number of hydrogen-bond acceptors (Lipinski definition) is 5. The average molecular weight is 343 g/mol. The molecule has 1 N–H and O–H groups in total. The fraction of sp³-hybridized carbons (Fsp3) is 0.353. The van der Waals surface area contributed by atoms with Crippen LogP contribution in [0.25, 0.3) is 0 Å². The van der Waals surface area contributed by atoms with Crippen molar-refractivity contribution in [3.63, 3.8) is 0 Å². The molecule has 0 spiro atoms. The number of carbonyl (C=O) groups excluding carboxylic acids is 1. The average Bonchev–Trinajstić information content (AvgIpc) is 2.62. The number of nitrogens with zero attached hydrogens (tertiary/aromatic N) is 3. The van der Waals surface area contributed by atoms with Crippen molar-refractivity contribution >= 4 is 29.0 Å². The second-order valence-corrected chi connectivity index (χ2v) is 6.74. The molecule has 24 heavy (non-hydrogen) atoms. The molecule has 6 nitrogen and oxygen atoms in total. The zero-order valence-electron chi connectivity index (χ0n) is 12.8. The lowest BCUT2D eigenvalue weighted by atomic mass is 9.66. The van der Waals surface area contributed by atoms with E-state index in [4.69, 9.17) is 11.6 Å². The van der Waals surface area contributed by atoms with Crippen molar-refractivity contribution in [3.05, 3.63) is 51.0 Å². The zero-order chi connectivity index (χ0) is 16.7. The highest BCUT2D eigenvalue weighted by Gasteiger charge is 2.39. The topological polar surface area (TPSA) is 84.3 Å². The maximum atomic E-state index is 11.9. The van der Waals surface area contributed by atoms with Crippen LogP contribution in [-0.2, 0) is 0 Å². The lowest BCUT2D eigenvalue weighted by molar-refractivity contribution is 0.0992. The zero-order valence-corrected chi connectivity index (χ0v) is 13.6. The van der Waals surface area contributed by atoms with Crippen LogP contribution in [0.15, 0.2) is 29.4 Å². The molecule has 1 heterocycles. The van der Waals surface area contributed by atoms with E-state index in [1.54, 1.807) is 6.07 Å². The number of hydrogen-bond donors (Lipinski definition) is 1. The van der Waals surface area contributed by atoms with Crippen LogP contribution in [0.1, 0.15) is 59.1 Å². The summed E-state index contributed by atoms with van der Waals surface area (Å²) in [6, 6.07) is 7.36. The van der Waals surface area contributed by atoms with Gasteiger partial charge in [0.15, 0.2) is 11.5 Å². The maximum Gasteiger partial charge on any atom is 0.337 e. The number of rotatable bonds is 3. The molecular weight excluding hydrogens is 328 g/mol. The Hall–Kier alpha value is -2.34. The quantitative estimate of drug-likeness (QED) is 0.828. The molecule has 0 atom stereocenters. The number of carbonyl (C=O) groups is 1. The molecular formula is C17H15ClN4O2. The summed E-state index contributed by atoms with van der Waals surface area (Å²) in [5.41, 5.74) is 2.81. The molecule has 3 aliphatic rings. The van der Waals surface area contributed by atoms with Gasteiger partial charge in [0, 0.05) is 21.5 Å². The summed E-state index contributed by atoms with van der Waals surface area (Å²) < 4.78 is 0. The molecule has 1 aromatic carbocycles. The predicted octanol–water partition coefficient (Wildman–Crippen LogP) is 4.54. The van der Waals surface area contributed by atoms with Crippen molar-refractivity contribution in [2.24, 2.45) is 5.18 Å². The van der Waals surface area contributed by atoms with Crippen LogP contribution in [0.3, 0.4) is 0 Å². The van der Waals surface area contributed by atoms with Crippen LogP contribution < -0.4 is 5.32 Å². The van der Waals surface area contributed by atoms with Gasteiger partial charge in [0.2, 0.25) is 0 Å². The van der Waals surface area contributed by atoms with Crippen LogP contribution in [0, 0.1) is 4.91 Å². The van der Waals surface area contributed by atoms with E-state index >= 15 is 0 Å². The van der Waals surface area contributed by atoms with Gasteiger partial charge in [-0.1, -0.05) is 17.7 Å². The summed E-state index contributed by atoms with van der Waals surface area (Å²) in [5, 5.41) is 14.6. The molecule has 2 bridgehead atoms. The first-order valence-electron chi connectivity index (χ1n) is 7.98. The standard InChI is InChI=1S/C17H15ClN4O2/c18-11-2-1-3-12(8-11)19-16-14-10-6-4-9(5-7-10)13(14)15(20-21-16)17(23)22-24/h1-3,8-10H,4-7H2,(H,19,21). The number of halogens is 1. The van der Waals surface area contributed by atoms with Crippen LogP contribution >= 0.6 is 11.6 Å². The van der Waals surface area contributed by atoms with Crippen LogP contribution in [-0.4, -0.2) is 16.1 Å². The Balaban J connectivity index is 1.83. The number of aromatic nitrogens is 2. The fourth-order valence-corrected chi connectivity index (χ4v) is 4.15. The Kier molecular flexibility index (Phi) is 3.76. The van der Waals surface area contributed by atoms with Crippen molar-refractivity contribution in [2.45, 2.75) is 37.5 Å². The molecule has 1 saturated carbocycles. The van der Waals surface area contributed by atoms with Crippen LogP contribution in [0.2, 0.25) is 5.02 Å². The lowest BCUT2D eigenvalue weighted by Crippen LogP contribution is -2.27. The van der Waals surface area contributed by atoms with Crippen molar-refractivity contribution in [2.75, 3.05) is 5.32 Å². The molecule has 0 aliphatic heterocycles. The number of nitroso groups, excluding NO2 is 1. The van der Waals surface area contributed by atoms with Crippen LogP contribution in [0.5, 0.6) is 0 Å². The minimum absolute atomic E-state index is 0.117. The summed E-state index contributed by atoms with van der Waals surface area (Å²) >= 11 is 6.04. The van der Waals surface area contributed by atoms with Crippen molar-refractivity contribution in [1.29, 1.82) is 0 Å². The third-order valence-electron chi connectivity index (χ3n) is 4.97. The number of benzene rings is 1. The van der Waals surface area contributed by atoms with Gasteiger partial charge in [0.05, 0.1) is 0 Å². The van der Waals surface area contributed by atoms with Gasteiger partial charge in [0.25, 0.3) is 0 Å². The van der Waals surface area contributed by atoms with Gasteiger partial charge in [-0.15, -0.1) is 15.1 Å². The van der Waals surface area contributed by atoms with Gasteiger partial charge in [-0.25, -0.2) is 0 Å². The number of nitrogens with one attached hydrogen (secondary N) is 1. The number of fused-ring (bicyclic) bond motifs is 2. The van der Waals surface area contributed by atoms with Gasteiger partial charge in [-0.3, -0.25) is 4.79 Å². The van der Waals surface area contributed by atoms with E-state index in [0.29, 0.717) is 16.8 Å². The monoisotopic (exact) mass is 342 g/mol. The van der Waals surface area contributed by atoms with Crippen molar-refractivity contribution in [1.82, 2.24) is 10.2 Å². The molecule has 0 radical (unpaired) electrons. The van der Waals surface area contributed by atoms with Crippen molar-refractivity contribution in [3.8, 4) is 0 Å². The van der Waals surface area contributed by atoms with E-state index in [9.17, 15) is 9.70 Å². The lowest BCUT2D eigenvalue weighted by Gasteiger charge is -2.39. The Labute approximate surface area is 143 Å². The Bertz CT molecular complexity index is 831. The van der Waals surface area contributed by atoms with Crippen molar-refractivity contribution < 1.29 is 4.79 Å². The molecule has 1 aromatic heterocycles. The summed E-state index contributed by atoms with van der Waals surface area (Å²) in [7, 11) is 0. The van der Waals surface area contributed by atoms with E-state index in [0.717, 1.165) is 42.5 Å². The number of amides is 1. The van der Waals surface area contributed by atoms with Gasteiger partial charge >= 0.3 is 5.91 Å². The molecule has 1 amide bonds. The van der Waals surface area contributed by atoms with Gasteiger partial charge in [-0.2, -0.15) is 0 Å². The highest BCUT2D eigenvalue weighted by atomic mass is 35.5. The highest BCUT2D eigenvalue weighted by molar-refractivity contribution is 6.30. The smallest absolute Gasteiger partial charge is 0.337 e. The first-order valence-corrected chi connectivity index (χ1v) is 8.36. The molecule has 2 aromatic rings. The largest absolute Gasteiger partial charge is 0.338 e. The highest BCUT2D eigenvalue weighted by Crippen LogP contribution is 2.52. The van der Waals surface area contributed by atoms with E-state index in [1.165, 1.54) is 0 Å². The fourth-order valence-electron chi connectivity index (χ4n) is 3.96. The van der Waals surface area contributed by atoms with Gasteiger partial charge < -0.3 is 5.32 Å². The molecule has 1 fully saturated rings. The summed E-state index contributed by atoms with van der Waals surface area (Å²) in [4.78, 5) is 22.6. The molecule has 7 heteroatoms. The Morgan fingerprint density at radius 3 is 2.50 bits per heavy atom. The maximum absolute atomic E-state index is 11.9. The molecule has 0 unspecified atom stereocenters. The van der Waals surface area contributed by atoms with E-state index in [-0.39, 0.29) is 11.6 Å². The van der Waals surface area contributed by atoms with E-state index in [2.05, 4.69) is 20.7 Å². The molecule has 122 valence electrons. The molecule has 5 rings (SSSR count).